The van der Waals surface area contributed by atoms with Crippen molar-refractivity contribution in [3.63, 3.8) is 0 Å². The molecule has 0 aliphatic heterocycles. The van der Waals surface area contributed by atoms with E-state index in [1.807, 2.05) is 6.92 Å². The smallest absolute Gasteiger partial charge is 0.309 e. The van der Waals surface area contributed by atoms with Gasteiger partial charge in [-0.1, -0.05) is 6.92 Å². The Morgan fingerprint density at radius 1 is 1.53 bits per heavy atom. The van der Waals surface area contributed by atoms with Crippen LogP contribution in [0.4, 0.5) is 5.82 Å². The maximum atomic E-state index is 11.7. The number of nitrogens with zero attached hydrogens (tertiary/aromatic N) is 1. The first-order valence-corrected chi connectivity index (χ1v) is 5.42. The second-order valence-corrected chi connectivity index (χ2v) is 4.54. The second kappa shape index (κ2) is 4.99. The lowest BCUT2D eigenvalue weighted by atomic mass is 9.89. The lowest BCUT2D eigenvalue weighted by Crippen LogP contribution is -2.29. The number of aromatic amines is 1. The summed E-state index contributed by atoms with van der Waals surface area (Å²) in [4.78, 5) is 22.6. The van der Waals surface area contributed by atoms with E-state index in [-0.39, 0.29) is 12.3 Å². The molecule has 6 nitrogen and oxygen atoms in total. The number of hydrogen-bond donors (Lipinski definition) is 3. The van der Waals surface area contributed by atoms with Crippen molar-refractivity contribution in [2.24, 2.45) is 5.41 Å². The summed E-state index contributed by atoms with van der Waals surface area (Å²) in [7, 11) is 0. The number of aromatic nitrogens is 2. The number of hydrogen-bond acceptors (Lipinski definition) is 3. The van der Waals surface area contributed by atoms with Crippen LogP contribution in [0.2, 0.25) is 0 Å². The van der Waals surface area contributed by atoms with Gasteiger partial charge in [0.1, 0.15) is 5.82 Å². The van der Waals surface area contributed by atoms with Crippen molar-refractivity contribution in [3.8, 4) is 0 Å². The lowest BCUT2D eigenvalue weighted by Gasteiger charge is -2.17. The molecule has 1 aromatic rings. The van der Waals surface area contributed by atoms with E-state index >= 15 is 0 Å². The van der Waals surface area contributed by atoms with Crippen molar-refractivity contribution in [1.82, 2.24) is 10.2 Å². The van der Waals surface area contributed by atoms with Gasteiger partial charge in [-0.3, -0.25) is 14.7 Å². The van der Waals surface area contributed by atoms with E-state index in [4.69, 9.17) is 5.11 Å². The molecule has 1 amide bonds. The highest BCUT2D eigenvalue weighted by molar-refractivity contribution is 5.93. The molecule has 0 spiro atoms. The first-order valence-electron chi connectivity index (χ1n) is 5.42. The Kier molecular flexibility index (Phi) is 3.88. The number of nitrogens with one attached hydrogen (secondary N) is 2. The normalized spacial score (nSPS) is 11.2. The molecular weight excluding hydrogens is 222 g/mol. The molecule has 1 heterocycles. The predicted octanol–water partition coefficient (Wildman–Crippen LogP) is 1.41. The lowest BCUT2D eigenvalue weighted by molar-refractivity contribution is -0.148. The van der Waals surface area contributed by atoms with Gasteiger partial charge in [0, 0.05) is 12.0 Å². The maximum Gasteiger partial charge on any atom is 0.309 e. The fraction of sp³-hybridized carbons (Fsp3) is 0.545. The van der Waals surface area contributed by atoms with E-state index in [0.29, 0.717) is 5.82 Å². The Morgan fingerprint density at radius 3 is 2.71 bits per heavy atom. The molecular formula is C11H17N3O3. The number of aliphatic carboxylic acids is 1. The molecule has 0 aromatic carbocycles. The molecule has 0 fully saturated rings. The summed E-state index contributed by atoms with van der Waals surface area (Å²) in [6, 6.07) is 0. The Balaban J connectivity index is 2.65. The van der Waals surface area contributed by atoms with Crippen molar-refractivity contribution in [2.45, 2.75) is 33.6 Å². The quantitative estimate of drug-likeness (QED) is 0.724. The summed E-state index contributed by atoms with van der Waals surface area (Å²) in [6.45, 7) is 4.98. The van der Waals surface area contributed by atoms with Gasteiger partial charge < -0.3 is 10.4 Å². The zero-order valence-electron chi connectivity index (χ0n) is 10.2. The topological polar surface area (TPSA) is 95.1 Å². The number of anilines is 1. The van der Waals surface area contributed by atoms with Crippen LogP contribution in [-0.2, 0) is 16.0 Å². The van der Waals surface area contributed by atoms with Crippen molar-refractivity contribution >= 4 is 17.7 Å². The monoisotopic (exact) mass is 239 g/mol. The molecule has 17 heavy (non-hydrogen) atoms. The van der Waals surface area contributed by atoms with E-state index in [1.54, 1.807) is 6.20 Å². The minimum absolute atomic E-state index is 0.0789. The van der Waals surface area contributed by atoms with Crippen LogP contribution in [0.3, 0.4) is 0 Å². The van der Waals surface area contributed by atoms with E-state index in [0.717, 1.165) is 12.0 Å². The second-order valence-electron chi connectivity index (χ2n) is 4.54. The standard InChI is InChI=1S/C11H17N3O3/c1-4-7-6-12-14-9(7)13-8(15)5-11(2,3)10(16)17/h6H,4-5H2,1-3H3,(H,16,17)(H2,12,13,14,15). The minimum Gasteiger partial charge on any atom is -0.481 e. The third-order valence-corrected chi connectivity index (χ3v) is 2.54. The Hall–Kier alpha value is -1.85. The number of amides is 1. The Bertz CT molecular complexity index is 423. The Morgan fingerprint density at radius 2 is 2.18 bits per heavy atom. The highest BCUT2D eigenvalue weighted by Gasteiger charge is 2.30. The number of carbonyl (C=O) groups is 2. The van der Waals surface area contributed by atoms with Gasteiger partial charge in [-0.15, -0.1) is 0 Å². The van der Waals surface area contributed by atoms with Crippen LogP contribution in [0.15, 0.2) is 6.20 Å². The molecule has 0 radical (unpaired) electrons. The van der Waals surface area contributed by atoms with Crippen LogP contribution in [-0.4, -0.2) is 27.2 Å². The van der Waals surface area contributed by atoms with Gasteiger partial charge in [0.05, 0.1) is 11.6 Å². The zero-order valence-corrected chi connectivity index (χ0v) is 10.2. The van der Waals surface area contributed by atoms with Crippen LogP contribution < -0.4 is 5.32 Å². The van der Waals surface area contributed by atoms with Gasteiger partial charge in [0.25, 0.3) is 0 Å². The minimum atomic E-state index is -1.07. The van der Waals surface area contributed by atoms with Crippen molar-refractivity contribution in [3.05, 3.63) is 11.8 Å². The molecule has 0 aliphatic carbocycles. The largest absolute Gasteiger partial charge is 0.481 e. The van der Waals surface area contributed by atoms with Crippen LogP contribution in [0.1, 0.15) is 32.8 Å². The average Bonchev–Trinajstić information content (AvgIpc) is 2.63. The van der Waals surface area contributed by atoms with Crippen LogP contribution in [0.25, 0.3) is 0 Å². The number of H-pyrrole nitrogens is 1. The van der Waals surface area contributed by atoms with E-state index < -0.39 is 11.4 Å². The molecule has 6 heteroatoms. The molecule has 0 bridgehead atoms. The highest BCUT2D eigenvalue weighted by atomic mass is 16.4. The number of rotatable bonds is 5. The first-order chi connectivity index (χ1) is 7.86. The third kappa shape index (κ3) is 3.30. The van der Waals surface area contributed by atoms with Crippen LogP contribution >= 0.6 is 0 Å². The van der Waals surface area contributed by atoms with Gasteiger partial charge in [0.2, 0.25) is 5.91 Å². The highest BCUT2D eigenvalue weighted by Crippen LogP contribution is 2.21. The molecule has 0 saturated carbocycles. The summed E-state index contributed by atoms with van der Waals surface area (Å²) in [6.07, 6.45) is 2.30. The van der Waals surface area contributed by atoms with Gasteiger partial charge in [-0.2, -0.15) is 5.10 Å². The van der Waals surface area contributed by atoms with E-state index in [1.165, 1.54) is 13.8 Å². The molecule has 0 unspecified atom stereocenters. The number of carboxylic acids is 1. The molecule has 3 N–H and O–H groups in total. The number of carbonyl (C=O) groups excluding carboxylic acids is 1. The fourth-order valence-electron chi connectivity index (χ4n) is 1.35. The van der Waals surface area contributed by atoms with Crippen molar-refractivity contribution in [1.29, 1.82) is 0 Å². The van der Waals surface area contributed by atoms with Crippen molar-refractivity contribution < 1.29 is 14.7 Å². The van der Waals surface area contributed by atoms with Crippen LogP contribution in [0, 0.1) is 5.41 Å². The summed E-state index contributed by atoms with van der Waals surface area (Å²) in [5.41, 5.74) is -0.178. The van der Waals surface area contributed by atoms with E-state index in [9.17, 15) is 9.59 Å². The number of carboxylic acid groups (broad SMARTS) is 1. The fourth-order valence-corrected chi connectivity index (χ4v) is 1.35. The first kappa shape index (κ1) is 13.2. The van der Waals surface area contributed by atoms with E-state index in [2.05, 4.69) is 15.5 Å². The van der Waals surface area contributed by atoms with Crippen molar-refractivity contribution in [2.75, 3.05) is 5.32 Å². The van der Waals surface area contributed by atoms with Gasteiger partial charge in [-0.25, -0.2) is 0 Å². The summed E-state index contributed by atoms with van der Waals surface area (Å²) < 4.78 is 0. The number of aryl methyl sites for hydroxylation is 1. The molecule has 0 aliphatic rings. The van der Waals surface area contributed by atoms with Gasteiger partial charge >= 0.3 is 5.97 Å². The third-order valence-electron chi connectivity index (χ3n) is 2.54. The molecule has 1 rings (SSSR count). The summed E-state index contributed by atoms with van der Waals surface area (Å²) in [5, 5.41) is 18.0. The SMILES string of the molecule is CCc1cn[nH]c1NC(=O)CC(C)(C)C(=O)O. The van der Waals surface area contributed by atoms with Crippen LogP contribution in [0.5, 0.6) is 0 Å². The molecule has 1 aromatic heterocycles. The Labute approximate surface area is 99.4 Å². The molecule has 0 saturated heterocycles. The molecule has 0 atom stereocenters. The summed E-state index contributed by atoms with van der Waals surface area (Å²) >= 11 is 0. The zero-order chi connectivity index (χ0) is 13.1. The van der Waals surface area contributed by atoms with Gasteiger partial charge in [-0.05, 0) is 20.3 Å². The predicted molar refractivity (Wildman–Crippen MR) is 62.6 cm³/mol. The van der Waals surface area contributed by atoms with Gasteiger partial charge in [0.15, 0.2) is 0 Å². The average molecular weight is 239 g/mol. The molecule has 94 valence electrons. The summed E-state index contributed by atoms with van der Waals surface area (Å²) in [5.74, 6) is -0.789. The maximum absolute atomic E-state index is 11.7.